The van der Waals surface area contributed by atoms with E-state index < -0.39 is 0 Å². The molecule has 0 bridgehead atoms. The fourth-order valence-corrected chi connectivity index (χ4v) is 4.53. The van der Waals surface area contributed by atoms with E-state index in [0.717, 1.165) is 45.4 Å². The van der Waals surface area contributed by atoms with Crippen LogP contribution in [0.5, 0.6) is 0 Å². The first-order chi connectivity index (χ1) is 11.8. The molecule has 142 valence electrons. The number of guanidine groups is 1. The molecule has 0 atom stereocenters. The molecule has 0 aromatic carbocycles. The Balaban J connectivity index is 0.00000139. The van der Waals surface area contributed by atoms with Crippen molar-refractivity contribution in [1.29, 1.82) is 0 Å². The van der Waals surface area contributed by atoms with Crippen LogP contribution in [0.25, 0.3) is 0 Å². The van der Waals surface area contributed by atoms with E-state index in [1.807, 2.05) is 0 Å². The van der Waals surface area contributed by atoms with Gasteiger partial charge in [0.1, 0.15) is 0 Å². The highest BCUT2D eigenvalue weighted by Gasteiger charge is 2.40. The van der Waals surface area contributed by atoms with Gasteiger partial charge in [-0.15, -0.1) is 0 Å². The zero-order valence-corrected chi connectivity index (χ0v) is 16.9. The van der Waals surface area contributed by atoms with Gasteiger partial charge in [-0.05, 0) is 79.1 Å². The molecule has 2 aliphatic rings. The summed E-state index contributed by atoms with van der Waals surface area (Å²) >= 11 is 0. The molecule has 0 radical (unpaired) electrons. The molecule has 2 fully saturated rings. The second kappa shape index (κ2) is 11.7. The van der Waals surface area contributed by atoms with Crippen LogP contribution in [0.3, 0.4) is 0 Å². The highest BCUT2D eigenvalue weighted by molar-refractivity contribution is 5.76. The maximum absolute atomic E-state index is 8.25. The second-order valence-electron chi connectivity index (χ2n) is 6.93. The first kappa shape index (κ1) is 21.3. The Bertz CT molecular complexity index is 332. The van der Waals surface area contributed by atoms with Crippen molar-refractivity contribution in [2.24, 2.45) is 0 Å². The smallest absolute Gasteiger partial charge is 0.350 e. The van der Waals surface area contributed by atoms with Crippen molar-refractivity contribution in [3.8, 4) is 0 Å². The van der Waals surface area contributed by atoms with Crippen LogP contribution in [-0.4, -0.2) is 65.7 Å². The normalized spacial score (nSPS) is 18.2. The molecule has 0 saturated heterocycles. The first-order valence-corrected chi connectivity index (χ1v) is 10.3. The lowest BCUT2D eigenvalue weighted by Gasteiger charge is -2.36. The topological polar surface area (TPSA) is 32.5 Å². The molecular formula is C20H41N3O. The van der Waals surface area contributed by atoms with E-state index >= 15 is 0 Å². The third-order valence-corrected chi connectivity index (χ3v) is 5.76. The summed E-state index contributed by atoms with van der Waals surface area (Å²) in [6, 6.07) is 1.58. The minimum absolute atomic E-state index is 0.750. The van der Waals surface area contributed by atoms with Crippen LogP contribution in [0.4, 0.5) is 0 Å². The van der Waals surface area contributed by atoms with Gasteiger partial charge in [-0.25, -0.2) is 0 Å². The average Bonchev–Trinajstić information content (AvgIpc) is 3.33. The van der Waals surface area contributed by atoms with Crippen LogP contribution in [0.1, 0.15) is 79.1 Å². The standard InChI is InChI=1S/C19H38N3.CH3O/c1-5-20(6-2)19(21(7-3)8-4)22(17-13-9-10-14-17)18-15-11-12-16-18;1-2/h17-18H,5-16H2,1-4H3;1H3/q+1;-1. The summed E-state index contributed by atoms with van der Waals surface area (Å²) in [5.41, 5.74) is 0. The van der Waals surface area contributed by atoms with Crippen molar-refractivity contribution in [2.45, 2.75) is 91.1 Å². The Labute approximate surface area is 150 Å². The number of hydrogen-bond acceptors (Lipinski definition) is 1. The third-order valence-electron chi connectivity index (χ3n) is 5.76. The van der Waals surface area contributed by atoms with Gasteiger partial charge in [0.05, 0.1) is 38.3 Å². The maximum Gasteiger partial charge on any atom is 0.350 e. The highest BCUT2D eigenvalue weighted by atomic mass is 16.2. The lowest BCUT2D eigenvalue weighted by atomic mass is 10.1. The van der Waals surface area contributed by atoms with E-state index in [1.54, 1.807) is 5.96 Å². The Kier molecular flexibility index (Phi) is 10.4. The van der Waals surface area contributed by atoms with E-state index in [1.165, 1.54) is 51.4 Å². The summed E-state index contributed by atoms with van der Waals surface area (Å²) in [7, 11) is 0.750. The molecule has 4 nitrogen and oxygen atoms in total. The molecule has 0 unspecified atom stereocenters. The fourth-order valence-electron chi connectivity index (χ4n) is 4.53. The minimum Gasteiger partial charge on any atom is -0.857 e. The molecule has 0 heterocycles. The van der Waals surface area contributed by atoms with Gasteiger partial charge >= 0.3 is 5.96 Å². The summed E-state index contributed by atoms with van der Waals surface area (Å²) in [5, 5.41) is 8.25. The minimum atomic E-state index is 0.750. The lowest BCUT2D eigenvalue weighted by molar-refractivity contribution is -0.531. The molecule has 0 aliphatic heterocycles. The van der Waals surface area contributed by atoms with Gasteiger partial charge in [-0.2, -0.15) is 7.11 Å². The van der Waals surface area contributed by atoms with Crippen molar-refractivity contribution in [1.82, 2.24) is 9.80 Å². The molecule has 2 saturated carbocycles. The quantitative estimate of drug-likeness (QED) is 0.424. The van der Waals surface area contributed by atoms with Crippen LogP contribution in [-0.2, 0) is 0 Å². The maximum atomic E-state index is 8.25. The predicted octanol–water partition coefficient (Wildman–Crippen LogP) is 2.90. The highest BCUT2D eigenvalue weighted by Crippen LogP contribution is 2.32. The van der Waals surface area contributed by atoms with Gasteiger partial charge in [-0.1, -0.05) is 0 Å². The molecule has 0 aromatic heterocycles. The number of hydrogen-bond donors (Lipinski definition) is 0. The SMILES string of the molecule is CCN(CC)C(N(C1CCCC1)C1CCCC1)=[N+](CC)CC.C[O-]. The van der Waals surface area contributed by atoms with Gasteiger partial charge in [0.2, 0.25) is 0 Å². The van der Waals surface area contributed by atoms with E-state index in [9.17, 15) is 0 Å². The van der Waals surface area contributed by atoms with Crippen molar-refractivity contribution in [3.63, 3.8) is 0 Å². The monoisotopic (exact) mass is 339 g/mol. The first-order valence-electron chi connectivity index (χ1n) is 10.3. The van der Waals surface area contributed by atoms with Gasteiger partial charge in [-0.3, -0.25) is 14.4 Å². The van der Waals surface area contributed by atoms with Crippen molar-refractivity contribution >= 4 is 5.96 Å². The molecule has 0 amide bonds. The molecular weight excluding hydrogens is 298 g/mol. The molecule has 0 aromatic rings. The summed E-state index contributed by atoms with van der Waals surface area (Å²) < 4.78 is 2.61. The van der Waals surface area contributed by atoms with Crippen LogP contribution in [0.2, 0.25) is 0 Å². The molecule has 0 N–H and O–H groups in total. The summed E-state index contributed by atoms with van der Waals surface area (Å²) in [4.78, 5) is 5.50. The predicted molar refractivity (Wildman–Crippen MR) is 102 cm³/mol. The fraction of sp³-hybridized carbons (Fsp3) is 0.950. The van der Waals surface area contributed by atoms with E-state index in [2.05, 4.69) is 42.1 Å². The van der Waals surface area contributed by atoms with Crippen molar-refractivity contribution in [3.05, 3.63) is 0 Å². The zero-order valence-electron chi connectivity index (χ0n) is 16.9. The molecule has 24 heavy (non-hydrogen) atoms. The summed E-state index contributed by atoms with van der Waals surface area (Å²) in [6.07, 6.45) is 11.3. The molecule has 2 aliphatic carbocycles. The number of rotatable bonds is 6. The van der Waals surface area contributed by atoms with Gasteiger partial charge in [0.25, 0.3) is 0 Å². The Morgan fingerprint density at radius 1 is 0.792 bits per heavy atom. The van der Waals surface area contributed by atoms with Crippen molar-refractivity contribution in [2.75, 3.05) is 33.3 Å². The van der Waals surface area contributed by atoms with Crippen LogP contribution in [0.15, 0.2) is 0 Å². The van der Waals surface area contributed by atoms with Gasteiger partial charge < -0.3 is 5.11 Å². The Hall–Kier alpha value is -0.770. The van der Waals surface area contributed by atoms with Gasteiger partial charge in [0, 0.05) is 0 Å². The zero-order chi connectivity index (χ0) is 17.9. The molecule has 4 heteroatoms. The average molecular weight is 340 g/mol. The van der Waals surface area contributed by atoms with E-state index in [4.69, 9.17) is 5.11 Å². The summed E-state index contributed by atoms with van der Waals surface area (Å²) in [5.74, 6) is 1.55. The largest absolute Gasteiger partial charge is 0.857 e. The van der Waals surface area contributed by atoms with Crippen LogP contribution >= 0.6 is 0 Å². The molecule has 2 rings (SSSR count). The Morgan fingerprint density at radius 2 is 1.17 bits per heavy atom. The van der Waals surface area contributed by atoms with E-state index in [0.29, 0.717) is 0 Å². The third kappa shape index (κ3) is 5.11. The Morgan fingerprint density at radius 3 is 1.46 bits per heavy atom. The van der Waals surface area contributed by atoms with Crippen molar-refractivity contribution < 1.29 is 9.68 Å². The van der Waals surface area contributed by atoms with E-state index in [-0.39, 0.29) is 0 Å². The van der Waals surface area contributed by atoms with Crippen LogP contribution < -0.4 is 5.11 Å². The van der Waals surface area contributed by atoms with Gasteiger partial charge in [0.15, 0.2) is 0 Å². The lowest BCUT2D eigenvalue weighted by Crippen LogP contribution is -2.56. The second-order valence-corrected chi connectivity index (χ2v) is 6.93. The summed E-state index contributed by atoms with van der Waals surface area (Å²) in [6.45, 7) is 13.7. The number of nitrogens with zero attached hydrogens (tertiary/aromatic N) is 3. The van der Waals surface area contributed by atoms with Crippen LogP contribution in [0, 0.1) is 0 Å². The molecule has 0 spiro atoms.